The Morgan fingerprint density at radius 2 is 1.13 bits per heavy atom. The van der Waals surface area contributed by atoms with E-state index in [-0.39, 0.29) is 12.1 Å². The van der Waals surface area contributed by atoms with E-state index in [0.717, 1.165) is 59.1 Å². The van der Waals surface area contributed by atoms with Crippen LogP contribution in [0, 0.1) is 27.7 Å². The molecule has 2 aromatic rings. The second-order valence-corrected chi connectivity index (χ2v) is 11.8. The topological polar surface area (TPSA) is 65.2 Å². The van der Waals surface area contributed by atoms with Crippen molar-refractivity contribution in [3.8, 4) is 11.5 Å². The number of aromatic hydroxyl groups is 2. The van der Waals surface area contributed by atoms with Crippen molar-refractivity contribution < 1.29 is 31.1 Å². The van der Waals surface area contributed by atoms with Crippen LogP contribution in [0.4, 0.5) is 0 Å². The molecule has 0 radical (unpaired) electrons. The molecule has 0 aromatic heterocycles. The number of rotatable bonds is 4. The van der Waals surface area contributed by atoms with Crippen LogP contribution < -0.4 is 0 Å². The maximum atomic E-state index is 10.3. The summed E-state index contributed by atoms with van der Waals surface area (Å²) in [6.45, 7) is 7.86. The number of aliphatic imine (C=N–C) groups is 2. The van der Waals surface area contributed by atoms with E-state index in [0.29, 0.717) is 11.5 Å². The van der Waals surface area contributed by atoms with Crippen molar-refractivity contribution in [3.63, 3.8) is 0 Å². The van der Waals surface area contributed by atoms with Crippen molar-refractivity contribution in [2.75, 3.05) is 0 Å². The molecule has 0 bridgehead atoms. The SMILES string of the molecule is Cc1cc(C)c(O)c(C=N[C@@H]2CCCC[C@H]2N=Cc2cc(C)cc(C)c2O)c1.[Cl][Zr][Cl]. The number of hydrogen-bond acceptors (Lipinski definition) is 4. The summed E-state index contributed by atoms with van der Waals surface area (Å²) < 4.78 is 0. The molecular formula is C24H30Cl2N2O2Zr. The van der Waals surface area contributed by atoms with Gasteiger partial charge >= 0.3 is 37.9 Å². The number of benzene rings is 2. The van der Waals surface area contributed by atoms with Gasteiger partial charge in [-0.25, -0.2) is 0 Å². The van der Waals surface area contributed by atoms with Gasteiger partial charge in [0.1, 0.15) is 11.5 Å². The molecule has 1 fully saturated rings. The molecule has 3 rings (SSSR count). The van der Waals surface area contributed by atoms with Crippen LogP contribution >= 0.6 is 17.0 Å². The summed E-state index contributed by atoms with van der Waals surface area (Å²) in [5.74, 6) is 0.593. The number of nitrogens with zero attached hydrogens (tertiary/aromatic N) is 2. The zero-order chi connectivity index (χ0) is 23.0. The molecule has 7 heteroatoms. The molecule has 1 aliphatic rings. The van der Waals surface area contributed by atoms with E-state index in [4.69, 9.17) is 27.0 Å². The van der Waals surface area contributed by atoms with Gasteiger partial charge in [0.05, 0.1) is 12.1 Å². The second kappa shape index (κ2) is 12.8. The molecule has 0 amide bonds. The fraction of sp³-hybridized carbons (Fsp3) is 0.417. The summed E-state index contributed by atoms with van der Waals surface area (Å²) in [7, 11) is 9.87. The first-order valence-electron chi connectivity index (χ1n) is 10.4. The first-order valence-corrected chi connectivity index (χ1v) is 16.7. The van der Waals surface area contributed by atoms with E-state index in [1.54, 1.807) is 12.4 Å². The Balaban J connectivity index is 0.00000107. The zero-order valence-electron chi connectivity index (χ0n) is 18.5. The van der Waals surface area contributed by atoms with Crippen LogP contribution in [0.25, 0.3) is 0 Å². The normalized spacial score (nSPS) is 18.8. The first-order chi connectivity index (χ1) is 14.8. The van der Waals surface area contributed by atoms with Crippen LogP contribution in [0.5, 0.6) is 11.5 Å². The van der Waals surface area contributed by atoms with Gasteiger partial charge in [0.15, 0.2) is 0 Å². The van der Waals surface area contributed by atoms with Gasteiger partial charge in [-0.1, -0.05) is 25.0 Å². The Bertz CT molecular complexity index is 872. The summed E-state index contributed by atoms with van der Waals surface area (Å²) in [5.41, 5.74) is 5.48. The van der Waals surface area contributed by atoms with E-state index in [1.165, 1.54) is 0 Å². The summed E-state index contributed by atoms with van der Waals surface area (Å²) in [6, 6.07) is 8.05. The number of hydrogen-bond donors (Lipinski definition) is 2. The molecular weight excluding hydrogens is 510 g/mol. The summed E-state index contributed by atoms with van der Waals surface area (Å²) in [5, 5.41) is 20.6. The Hall–Kier alpha value is -1.16. The minimum absolute atomic E-state index is 0.0956. The van der Waals surface area contributed by atoms with E-state index in [1.807, 2.05) is 52.0 Å². The molecule has 0 aliphatic heterocycles. The van der Waals surface area contributed by atoms with Gasteiger partial charge in [-0.15, -0.1) is 0 Å². The molecule has 1 aliphatic carbocycles. The molecule has 4 nitrogen and oxygen atoms in total. The summed E-state index contributed by atoms with van der Waals surface area (Å²) in [6.07, 6.45) is 7.85. The molecule has 166 valence electrons. The average Bonchev–Trinajstić information content (AvgIpc) is 2.72. The summed E-state index contributed by atoms with van der Waals surface area (Å²) in [4.78, 5) is 9.57. The van der Waals surface area contributed by atoms with Crippen molar-refractivity contribution in [2.24, 2.45) is 9.98 Å². The van der Waals surface area contributed by atoms with Crippen LogP contribution in [0.3, 0.4) is 0 Å². The maximum absolute atomic E-state index is 10.3. The van der Waals surface area contributed by atoms with Gasteiger partial charge in [-0.05, 0) is 74.9 Å². The standard InChI is InChI=1S/C24H30N2O2.2ClH.Zr/c1-15-9-17(3)23(27)19(11-15)13-25-21-7-5-6-8-22(21)26-14-20-12-16(2)10-18(4)24(20)28;;;/h9-14,21-22,27-28H,5-8H2,1-4H3;2*1H;/q;;;+2/p-2/t21-,22-;;;/m1.../s1. The Kier molecular flexibility index (Phi) is 10.8. The Morgan fingerprint density at radius 1 is 0.774 bits per heavy atom. The predicted octanol–water partition coefficient (Wildman–Crippen LogP) is 6.56. The van der Waals surface area contributed by atoms with Gasteiger partial charge < -0.3 is 10.2 Å². The third kappa shape index (κ3) is 7.73. The van der Waals surface area contributed by atoms with Gasteiger partial charge in [-0.3, -0.25) is 9.98 Å². The minimum atomic E-state index is -0.826. The third-order valence-electron chi connectivity index (χ3n) is 5.45. The fourth-order valence-electron chi connectivity index (χ4n) is 3.97. The molecule has 1 saturated carbocycles. The third-order valence-corrected chi connectivity index (χ3v) is 5.45. The second-order valence-electron chi connectivity index (χ2n) is 8.09. The van der Waals surface area contributed by atoms with Gasteiger partial charge in [-0.2, -0.15) is 0 Å². The van der Waals surface area contributed by atoms with Crippen molar-refractivity contribution in [3.05, 3.63) is 57.6 Å². The van der Waals surface area contributed by atoms with Crippen molar-refractivity contribution in [2.45, 2.75) is 65.5 Å². The van der Waals surface area contributed by atoms with E-state index >= 15 is 0 Å². The van der Waals surface area contributed by atoms with Gasteiger partial charge in [0, 0.05) is 23.6 Å². The molecule has 2 N–H and O–H groups in total. The monoisotopic (exact) mass is 538 g/mol. The van der Waals surface area contributed by atoms with E-state index in [2.05, 4.69) is 0 Å². The quantitative estimate of drug-likeness (QED) is 0.432. The zero-order valence-corrected chi connectivity index (χ0v) is 22.5. The molecule has 0 saturated heterocycles. The van der Waals surface area contributed by atoms with Crippen LogP contribution in [0.1, 0.15) is 59.1 Å². The molecule has 2 aromatic carbocycles. The Morgan fingerprint density at radius 3 is 1.48 bits per heavy atom. The average molecular weight is 541 g/mol. The molecule has 0 unspecified atom stereocenters. The van der Waals surface area contributed by atoms with Gasteiger partial charge in [0.2, 0.25) is 0 Å². The number of aryl methyl sites for hydroxylation is 4. The number of phenols is 2. The van der Waals surface area contributed by atoms with Crippen molar-refractivity contribution >= 4 is 29.5 Å². The van der Waals surface area contributed by atoms with Crippen molar-refractivity contribution in [1.82, 2.24) is 0 Å². The molecule has 2 atom stereocenters. The summed E-state index contributed by atoms with van der Waals surface area (Å²) >= 11 is -0.826. The van der Waals surface area contributed by atoms with Gasteiger partial charge in [0.25, 0.3) is 0 Å². The number of phenolic OH excluding ortho intramolecular Hbond substituents is 2. The molecule has 31 heavy (non-hydrogen) atoms. The van der Waals surface area contributed by atoms with E-state index < -0.39 is 20.8 Å². The van der Waals surface area contributed by atoms with Crippen LogP contribution in [0.2, 0.25) is 0 Å². The van der Waals surface area contributed by atoms with Crippen LogP contribution in [0.15, 0.2) is 34.3 Å². The van der Waals surface area contributed by atoms with E-state index in [9.17, 15) is 10.2 Å². The van der Waals surface area contributed by atoms with Crippen molar-refractivity contribution in [1.29, 1.82) is 0 Å². The molecule has 0 heterocycles. The van der Waals surface area contributed by atoms with Crippen LogP contribution in [-0.4, -0.2) is 34.7 Å². The first kappa shape index (κ1) is 26.1. The Labute approximate surface area is 204 Å². The predicted molar refractivity (Wildman–Crippen MR) is 128 cm³/mol. The number of halogens is 2. The fourth-order valence-corrected chi connectivity index (χ4v) is 3.97. The molecule has 0 spiro atoms. The van der Waals surface area contributed by atoms with Crippen LogP contribution in [-0.2, 0) is 20.8 Å².